The molecule has 0 aromatic heterocycles. The number of rotatable bonds is 3. The lowest BCUT2D eigenvalue weighted by atomic mass is 10.1. The van der Waals surface area contributed by atoms with Crippen molar-refractivity contribution in [3.63, 3.8) is 0 Å². The number of benzene rings is 1. The first kappa shape index (κ1) is 9.27. The van der Waals surface area contributed by atoms with Crippen molar-refractivity contribution in [1.82, 2.24) is 0 Å². The zero-order valence-corrected chi connectivity index (χ0v) is 7.93. The molecule has 0 aliphatic carbocycles. The van der Waals surface area contributed by atoms with E-state index in [1.807, 2.05) is 18.2 Å². The van der Waals surface area contributed by atoms with Crippen LogP contribution in [0.5, 0.6) is 0 Å². The average molecular weight is 182 g/mol. The number of aliphatic imine (C=N–C) groups is 1. The number of nitrogens with zero attached hydrogens (tertiary/aromatic N) is 1. The molecule has 0 aliphatic rings. The largest absolute Gasteiger partial charge is 0.264 e. The van der Waals surface area contributed by atoms with Gasteiger partial charge >= 0.3 is 0 Å². The van der Waals surface area contributed by atoms with Gasteiger partial charge in [-0.05, 0) is 30.8 Å². The maximum atomic E-state index is 5.81. The Hall–Kier alpha value is -0.820. The molecule has 2 heteroatoms. The van der Waals surface area contributed by atoms with E-state index in [9.17, 15) is 0 Å². The third-order valence-electron chi connectivity index (χ3n) is 1.74. The molecular weight excluding hydrogens is 170 g/mol. The summed E-state index contributed by atoms with van der Waals surface area (Å²) in [7, 11) is 0. The summed E-state index contributed by atoms with van der Waals surface area (Å²) >= 11 is 5.81. The molecule has 0 N–H and O–H groups in total. The van der Waals surface area contributed by atoms with Crippen molar-refractivity contribution >= 4 is 24.0 Å². The van der Waals surface area contributed by atoms with Gasteiger partial charge in [0.05, 0.1) is 5.69 Å². The summed E-state index contributed by atoms with van der Waals surface area (Å²) in [4.78, 5) is 3.92. The number of hydrogen-bond acceptors (Lipinski definition) is 1. The molecule has 0 unspecified atom stereocenters. The first-order chi connectivity index (χ1) is 5.77. The fraction of sp³-hybridized carbons (Fsp3) is 0.300. The smallest absolute Gasteiger partial charge is 0.0669 e. The number of halogens is 1. The predicted octanol–water partition coefficient (Wildman–Crippen LogP) is 3.62. The molecule has 0 radical (unpaired) electrons. The molecule has 1 rings (SSSR count). The van der Waals surface area contributed by atoms with Gasteiger partial charge in [-0.3, -0.25) is 4.99 Å². The second-order valence-corrected chi connectivity index (χ2v) is 3.12. The topological polar surface area (TPSA) is 12.4 Å². The Bertz CT molecular complexity index is 281. The van der Waals surface area contributed by atoms with Crippen LogP contribution in [0, 0.1) is 0 Å². The van der Waals surface area contributed by atoms with Crippen molar-refractivity contribution in [2.45, 2.75) is 19.8 Å². The summed E-state index contributed by atoms with van der Waals surface area (Å²) in [5.74, 6) is 0. The molecule has 0 saturated heterocycles. The molecule has 1 aromatic rings. The minimum atomic E-state index is 0.720. The lowest BCUT2D eigenvalue weighted by Crippen LogP contribution is -1.83. The quantitative estimate of drug-likeness (QED) is 0.632. The standard InChI is InChI=1S/C10H12ClN/c1-3-4-8-5-6-9(11)7-10(8)12-2/h5-7H,2-4H2,1H3. The van der Waals surface area contributed by atoms with E-state index in [4.69, 9.17) is 11.6 Å². The van der Waals surface area contributed by atoms with E-state index < -0.39 is 0 Å². The second-order valence-electron chi connectivity index (χ2n) is 2.68. The molecule has 0 spiro atoms. The van der Waals surface area contributed by atoms with E-state index in [0.29, 0.717) is 0 Å². The SMILES string of the molecule is C=Nc1cc(Cl)ccc1CCC. The van der Waals surface area contributed by atoms with Crippen molar-refractivity contribution in [1.29, 1.82) is 0 Å². The molecule has 0 fully saturated rings. The minimum absolute atomic E-state index is 0.720. The van der Waals surface area contributed by atoms with Crippen LogP contribution >= 0.6 is 11.6 Å². The molecule has 12 heavy (non-hydrogen) atoms. The Morgan fingerprint density at radius 1 is 1.50 bits per heavy atom. The molecule has 0 bridgehead atoms. The highest BCUT2D eigenvalue weighted by Gasteiger charge is 1.99. The van der Waals surface area contributed by atoms with Gasteiger partial charge in [-0.25, -0.2) is 0 Å². The van der Waals surface area contributed by atoms with Gasteiger partial charge in [0, 0.05) is 5.02 Å². The highest BCUT2D eigenvalue weighted by atomic mass is 35.5. The van der Waals surface area contributed by atoms with E-state index in [1.165, 1.54) is 5.56 Å². The fourth-order valence-electron chi connectivity index (χ4n) is 1.16. The van der Waals surface area contributed by atoms with Gasteiger partial charge in [0.25, 0.3) is 0 Å². The first-order valence-corrected chi connectivity index (χ1v) is 4.41. The lowest BCUT2D eigenvalue weighted by molar-refractivity contribution is 0.922. The second kappa shape index (κ2) is 4.27. The van der Waals surface area contributed by atoms with Gasteiger partial charge in [-0.1, -0.05) is 31.0 Å². The summed E-state index contributed by atoms with van der Waals surface area (Å²) in [5.41, 5.74) is 2.13. The molecule has 64 valence electrons. The van der Waals surface area contributed by atoms with Crippen molar-refractivity contribution < 1.29 is 0 Å². The van der Waals surface area contributed by atoms with E-state index in [2.05, 4.69) is 18.6 Å². The van der Waals surface area contributed by atoms with Gasteiger partial charge < -0.3 is 0 Å². The maximum Gasteiger partial charge on any atom is 0.0669 e. The summed E-state index contributed by atoms with van der Waals surface area (Å²) in [5, 5.41) is 0.720. The fourth-order valence-corrected chi connectivity index (χ4v) is 1.33. The van der Waals surface area contributed by atoms with Crippen LogP contribution in [0.15, 0.2) is 23.2 Å². The van der Waals surface area contributed by atoms with Gasteiger partial charge in [-0.2, -0.15) is 0 Å². The zero-order valence-electron chi connectivity index (χ0n) is 7.18. The summed E-state index contributed by atoms with van der Waals surface area (Å²) in [6.07, 6.45) is 2.15. The van der Waals surface area contributed by atoms with Gasteiger partial charge in [-0.15, -0.1) is 0 Å². The van der Waals surface area contributed by atoms with E-state index in [1.54, 1.807) is 0 Å². The molecule has 1 aromatic carbocycles. The van der Waals surface area contributed by atoms with Crippen LogP contribution in [-0.4, -0.2) is 6.72 Å². The normalized spacial score (nSPS) is 9.83. The lowest BCUT2D eigenvalue weighted by Gasteiger charge is -2.03. The van der Waals surface area contributed by atoms with Crippen LogP contribution in [-0.2, 0) is 6.42 Å². The number of aryl methyl sites for hydroxylation is 1. The monoisotopic (exact) mass is 181 g/mol. The van der Waals surface area contributed by atoms with Crippen LogP contribution in [0.25, 0.3) is 0 Å². The molecule has 0 amide bonds. The highest BCUT2D eigenvalue weighted by Crippen LogP contribution is 2.24. The Kier molecular flexibility index (Phi) is 3.30. The zero-order chi connectivity index (χ0) is 8.97. The van der Waals surface area contributed by atoms with Crippen LogP contribution in [0.4, 0.5) is 5.69 Å². The maximum absolute atomic E-state index is 5.81. The Balaban J connectivity index is 3.02. The summed E-state index contributed by atoms with van der Waals surface area (Å²) in [6.45, 7) is 5.65. The summed E-state index contributed by atoms with van der Waals surface area (Å²) in [6, 6.07) is 5.75. The van der Waals surface area contributed by atoms with Crippen LogP contribution in [0.1, 0.15) is 18.9 Å². The van der Waals surface area contributed by atoms with Crippen molar-refractivity contribution in [3.8, 4) is 0 Å². The van der Waals surface area contributed by atoms with E-state index >= 15 is 0 Å². The van der Waals surface area contributed by atoms with Gasteiger partial charge in [0.15, 0.2) is 0 Å². The van der Waals surface area contributed by atoms with Crippen LogP contribution in [0.2, 0.25) is 5.02 Å². The number of hydrogen-bond donors (Lipinski definition) is 0. The minimum Gasteiger partial charge on any atom is -0.264 e. The van der Waals surface area contributed by atoms with Crippen LogP contribution < -0.4 is 0 Å². The van der Waals surface area contributed by atoms with E-state index in [-0.39, 0.29) is 0 Å². The van der Waals surface area contributed by atoms with Gasteiger partial charge in [0.2, 0.25) is 0 Å². The average Bonchev–Trinajstić information content (AvgIpc) is 2.08. The van der Waals surface area contributed by atoms with Crippen molar-refractivity contribution in [3.05, 3.63) is 28.8 Å². The highest BCUT2D eigenvalue weighted by molar-refractivity contribution is 6.30. The Labute approximate surface area is 78.1 Å². The predicted molar refractivity (Wildman–Crippen MR) is 54.7 cm³/mol. The molecule has 0 saturated carbocycles. The third-order valence-corrected chi connectivity index (χ3v) is 1.97. The van der Waals surface area contributed by atoms with E-state index in [0.717, 1.165) is 23.6 Å². The third kappa shape index (κ3) is 2.08. The van der Waals surface area contributed by atoms with Crippen molar-refractivity contribution in [2.24, 2.45) is 4.99 Å². The van der Waals surface area contributed by atoms with Crippen LogP contribution in [0.3, 0.4) is 0 Å². The van der Waals surface area contributed by atoms with Gasteiger partial charge in [0.1, 0.15) is 0 Å². The molecule has 0 aliphatic heterocycles. The molecule has 1 nitrogen and oxygen atoms in total. The molecular formula is C10H12ClN. The summed E-state index contributed by atoms with van der Waals surface area (Å²) < 4.78 is 0. The molecule has 0 atom stereocenters. The van der Waals surface area contributed by atoms with Crippen molar-refractivity contribution in [2.75, 3.05) is 0 Å². The first-order valence-electron chi connectivity index (χ1n) is 4.03. The Morgan fingerprint density at radius 3 is 2.83 bits per heavy atom. The Morgan fingerprint density at radius 2 is 2.25 bits per heavy atom. The molecule has 0 heterocycles.